The predicted octanol–water partition coefficient (Wildman–Crippen LogP) is 4.05. The third-order valence-corrected chi connectivity index (χ3v) is 4.57. The summed E-state index contributed by atoms with van der Waals surface area (Å²) in [6, 6.07) is 5.17. The summed E-state index contributed by atoms with van der Waals surface area (Å²) in [5, 5.41) is 6.53. The van der Waals surface area contributed by atoms with Crippen molar-refractivity contribution < 1.29 is 9.13 Å². The number of methoxy groups -OCH3 is 1. The summed E-state index contributed by atoms with van der Waals surface area (Å²) in [4.78, 5) is 8.72. The molecule has 162 valence electrons. The molecule has 1 atom stereocenters. The van der Waals surface area contributed by atoms with E-state index in [9.17, 15) is 4.39 Å². The highest BCUT2D eigenvalue weighted by molar-refractivity contribution is 14.0. The minimum Gasteiger partial charge on any atom is -0.379 e. The van der Waals surface area contributed by atoms with Gasteiger partial charge in [-0.15, -0.1) is 24.0 Å². The monoisotopic (exact) mass is 517 g/mol. The number of nitrogens with one attached hydrogen (secondary N) is 2. The Labute approximate surface area is 190 Å². The number of aromatic nitrogens is 2. The van der Waals surface area contributed by atoms with Crippen molar-refractivity contribution >= 4 is 29.9 Å². The highest BCUT2D eigenvalue weighted by Crippen LogP contribution is 2.21. The number of aliphatic imine (C=N–C) groups is 1. The van der Waals surface area contributed by atoms with Gasteiger partial charge in [0, 0.05) is 32.6 Å². The second-order valence-electron chi connectivity index (χ2n) is 7.80. The van der Waals surface area contributed by atoms with Gasteiger partial charge in [0.05, 0.1) is 18.3 Å². The molecule has 1 unspecified atom stereocenters. The Morgan fingerprint density at radius 2 is 2.03 bits per heavy atom. The average Bonchev–Trinajstić information content (AvgIpc) is 3.04. The highest BCUT2D eigenvalue weighted by atomic mass is 127. The Morgan fingerprint density at radius 3 is 2.55 bits per heavy atom. The Kier molecular flexibility index (Phi) is 10.0. The molecule has 0 saturated heterocycles. The zero-order chi connectivity index (χ0) is 20.7. The summed E-state index contributed by atoms with van der Waals surface area (Å²) in [6.07, 6.45) is 3.46. The van der Waals surface area contributed by atoms with Crippen LogP contribution in [0.3, 0.4) is 0 Å². The maximum absolute atomic E-state index is 14.6. The maximum atomic E-state index is 14.6. The van der Waals surface area contributed by atoms with Gasteiger partial charge in [-0.1, -0.05) is 26.8 Å². The largest absolute Gasteiger partial charge is 0.379 e. The number of hydrogen-bond donors (Lipinski definition) is 2. The number of nitrogens with zero attached hydrogens (tertiary/aromatic N) is 3. The topological polar surface area (TPSA) is 63.5 Å². The first-order valence-corrected chi connectivity index (χ1v) is 9.60. The molecule has 0 saturated carbocycles. The molecule has 1 heterocycles. The molecule has 0 aliphatic carbocycles. The van der Waals surface area contributed by atoms with Crippen molar-refractivity contribution in [2.75, 3.05) is 20.2 Å². The molecule has 0 aliphatic rings. The summed E-state index contributed by atoms with van der Waals surface area (Å²) >= 11 is 0. The molecule has 29 heavy (non-hydrogen) atoms. The van der Waals surface area contributed by atoms with Crippen molar-refractivity contribution in [2.45, 2.75) is 47.3 Å². The molecule has 0 aliphatic heterocycles. The molecule has 0 spiro atoms. The van der Waals surface area contributed by atoms with Gasteiger partial charge in [-0.3, -0.25) is 0 Å². The summed E-state index contributed by atoms with van der Waals surface area (Å²) in [5.74, 6) is 1.14. The van der Waals surface area contributed by atoms with Gasteiger partial charge in [-0.25, -0.2) is 14.4 Å². The lowest BCUT2D eigenvalue weighted by Crippen LogP contribution is -2.45. The average molecular weight is 517 g/mol. The molecular formula is C21H33FIN5O. The van der Waals surface area contributed by atoms with Crippen molar-refractivity contribution in [3.8, 4) is 5.69 Å². The van der Waals surface area contributed by atoms with Gasteiger partial charge in [0.1, 0.15) is 11.6 Å². The SMILES string of the molecule is CCNC(=NCc1ccc(-n2ccnc2C)c(F)c1)NCC(OC)C(C)(C)C.I. The molecule has 1 aromatic carbocycles. The van der Waals surface area contributed by atoms with E-state index in [1.54, 1.807) is 30.1 Å². The van der Waals surface area contributed by atoms with Crippen molar-refractivity contribution in [3.05, 3.63) is 47.8 Å². The van der Waals surface area contributed by atoms with Crippen LogP contribution in [0.2, 0.25) is 0 Å². The van der Waals surface area contributed by atoms with Gasteiger partial charge in [0.25, 0.3) is 0 Å². The molecule has 8 heteroatoms. The lowest BCUT2D eigenvalue weighted by atomic mass is 9.89. The summed E-state index contributed by atoms with van der Waals surface area (Å²) in [6.45, 7) is 12.0. The second kappa shape index (κ2) is 11.5. The van der Waals surface area contributed by atoms with Crippen LogP contribution in [0.4, 0.5) is 4.39 Å². The van der Waals surface area contributed by atoms with E-state index in [4.69, 9.17) is 4.74 Å². The van der Waals surface area contributed by atoms with Crippen molar-refractivity contribution in [2.24, 2.45) is 10.4 Å². The van der Waals surface area contributed by atoms with Crippen LogP contribution in [-0.4, -0.2) is 41.8 Å². The second-order valence-corrected chi connectivity index (χ2v) is 7.80. The molecule has 2 aromatic rings. The normalized spacial score (nSPS) is 13.0. The van der Waals surface area contributed by atoms with Crippen molar-refractivity contribution in [1.82, 2.24) is 20.2 Å². The molecule has 0 bridgehead atoms. The van der Waals surface area contributed by atoms with Gasteiger partial charge >= 0.3 is 0 Å². The first kappa shape index (κ1) is 25.4. The van der Waals surface area contributed by atoms with E-state index in [2.05, 4.69) is 41.4 Å². The summed E-state index contributed by atoms with van der Waals surface area (Å²) in [7, 11) is 1.72. The lowest BCUT2D eigenvalue weighted by Gasteiger charge is -2.30. The Bertz CT molecular complexity index is 801. The van der Waals surface area contributed by atoms with Crippen LogP contribution < -0.4 is 10.6 Å². The van der Waals surface area contributed by atoms with E-state index in [1.165, 1.54) is 6.07 Å². The Hall–Kier alpha value is -1.68. The fourth-order valence-electron chi connectivity index (χ4n) is 2.92. The van der Waals surface area contributed by atoms with Crippen LogP contribution in [0.25, 0.3) is 5.69 Å². The van der Waals surface area contributed by atoms with Crippen LogP contribution >= 0.6 is 24.0 Å². The Morgan fingerprint density at radius 1 is 1.31 bits per heavy atom. The first-order chi connectivity index (χ1) is 13.3. The van der Waals surface area contributed by atoms with Gasteiger partial charge in [-0.05, 0) is 37.0 Å². The first-order valence-electron chi connectivity index (χ1n) is 9.60. The fourth-order valence-corrected chi connectivity index (χ4v) is 2.92. The van der Waals surface area contributed by atoms with Gasteiger partial charge in [-0.2, -0.15) is 0 Å². The minimum atomic E-state index is -0.293. The molecule has 0 fully saturated rings. The zero-order valence-electron chi connectivity index (χ0n) is 18.1. The van der Waals surface area contributed by atoms with Gasteiger partial charge < -0.3 is 19.9 Å². The quantitative estimate of drug-likeness (QED) is 0.331. The van der Waals surface area contributed by atoms with Crippen LogP contribution in [0.1, 0.15) is 39.1 Å². The number of rotatable bonds is 7. The zero-order valence-corrected chi connectivity index (χ0v) is 20.5. The fraction of sp³-hybridized carbons (Fsp3) is 0.524. The number of halogens is 2. The molecular weight excluding hydrogens is 484 g/mol. The van der Waals surface area contributed by atoms with Crippen LogP contribution in [0, 0.1) is 18.2 Å². The summed E-state index contributed by atoms with van der Waals surface area (Å²) < 4.78 is 21.9. The van der Waals surface area contributed by atoms with E-state index in [-0.39, 0.29) is 41.3 Å². The molecule has 2 N–H and O–H groups in total. The summed E-state index contributed by atoms with van der Waals surface area (Å²) in [5.41, 5.74) is 1.31. The van der Waals surface area contributed by atoms with Gasteiger partial charge in [0.2, 0.25) is 0 Å². The number of hydrogen-bond acceptors (Lipinski definition) is 3. The Balaban J connectivity index is 0.00000420. The molecule has 2 rings (SSSR count). The molecule has 0 radical (unpaired) electrons. The van der Waals surface area contributed by atoms with E-state index in [1.807, 2.05) is 19.9 Å². The van der Waals surface area contributed by atoms with Crippen LogP contribution in [0.15, 0.2) is 35.6 Å². The van der Waals surface area contributed by atoms with Gasteiger partial charge in [0.15, 0.2) is 5.96 Å². The van der Waals surface area contributed by atoms with Crippen LogP contribution in [0.5, 0.6) is 0 Å². The number of guanidine groups is 1. The van der Waals surface area contributed by atoms with E-state index in [0.717, 1.165) is 17.9 Å². The van der Waals surface area contributed by atoms with Crippen molar-refractivity contribution in [3.63, 3.8) is 0 Å². The standard InChI is InChI=1S/C21H32FN5O.HI/c1-7-23-20(26-14-19(28-6)21(3,4)5)25-13-16-8-9-18(17(22)12-16)27-11-10-24-15(27)2;/h8-12,19H,7,13-14H2,1-6H3,(H2,23,25,26);1H. The van der Waals surface area contributed by atoms with E-state index >= 15 is 0 Å². The van der Waals surface area contributed by atoms with E-state index in [0.29, 0.717) is 24.7 Å². The number of aryl methyl sites for hydroxylation is 1. The molecule has 1 aromatic heterocycles. The third-order valence-electron chi connectivity index (χ3n) is 4.57. The lowest BCUT2D eigenvalue weighted by molar-refractivity contribution is 0.0205. The number of ether oxygens (including phenoxy) is 1. The van der Waals surface area contributed by atoms with E-state index < -0.39 is 0 Å². The van der Waals surface area contributed by atoms with Crippen LogP contribution in [-0.2, 0) is 11.3 Å². The van der Waals surface area contributed by atoms with Crippen molar-refractivity contribution in [1.29, 1.82) is 0 Å². The highest BCUT2D eigenvalue weighted by Gasteiger charge is 2.24. The smallest absolute Gasteiger partial charge is 0.191 e. The third kappa shape index (κ3) is 7.26. The number of benzene rings is 1. The molecule has 6 nitrogen and oxygen atoms in total. The maximum Gasteiger partial charge on any atom is 0.191 e. The predicted molar refractivity (Wildman–Crippen MR) is 127 cm³/mol. The molecule has 0 amide bonds. The minimum absolute atomic E-state index is 0. The number of imidazole rings is 1.